The minimum Gasteiger partial charge on any atom is -0.391 e. The highest BCUT2D eigenvalue weighted by atomic mass is 35.5. The molecule has 1 aliphatic heterocycles. The summed E-state index contributed by atoms with van der Waals surface area (Å²) in [5.41, 5.74) is 5.89. The van der Waals surface area contributed by atoms with Crippen LogP contribution in [0.15, 0.2) is 12.3 Å². The van der Waals surface area contributed by atoms with Crippen molar-refractivity contribution in [2.45, 2.75) is 12.5 Å². The van der Waals surface area contributed by atoms with Gasteiger partial charge >= 0.3 is 0 Å². The minimum absolute atomic E-state index is 0.0756. The predicted octanol–water partition coefficient (Wildman–Crippen LogP) is 0.590. The van der Waals surface area contributed by atoms with E-state index in [1.165, 1.54) is 0 Å². The third kappa shape index (κ3) is 1.96. The Bertz CT molecular complexity index is 423. The topological polar surface area (TPSA) is 86.2 Å². The van der Waals surface area contributed by atoms with Gasteiger partial charge in [-0.15, -0.1) is 0 Å². The average Bonchev–Trinajstić information content (AvgIpc) is 2.64. The van der Waals surface area contributed by atoms with Gasteiger partial charge in [-0.3, -0.25) is 5.41 Å². The molecule has 1 saturated heterocycles. The van der Waals surface area contributed by atoms with E-state index in [1.54, 1.807) is 12.3 Å². The summed E-state index contributed by atoms with van der Waals surface area (Å²) in [5, 5.41) is 17.2. The predicted molar refractivity (Wildman–Crippen MR) is 63.1 cm³/mol. The maximum absolute atomic E-state index is 9.45. The van der Waals surface area contributed by atoms with Crippen LogP contribution in [0.2, 0.25) is 5.02 Å². The first-order chi connectivity index (χ1) is 7.59. The molecule has 5 nitrogen and oxygen atoms in total. The summed E-state index contributed by atoms with van der Waals surface area (Å²) in [6, 6.07) is 1.61. The van der Waals surface area contributed by atoms with Crippen LogP contribution in [0.1, 0.15) is 12.0 Å². The quantitative estimate of drug-likeness (QED) is 0.522. The first-order valence-electron chi connectivity index (χ1n) is 5.01. The summed E-state index contributed by atoms with van der Waals surface area (Å²) in [5.74, 6) is 0.513. The highest BCUT2D eigenvalue weighted by Crippen LogP contribution is 2.28. The Balaban J connectivity index is 2.34. The monoisotopic (exact) mass is 240 g/mol. The zero-order valence-corrected chi connectivity index (χ0v) is 9.41. The average molecular weight is 241 g/mol. The lowest BCUT2D eigenvalue weighted by Crippen LogP contribution is -2.23. The van der Waals surface area contributed by atoms with E-state index in [2.05, 4.69) is 4.98 Å². The fourth-order valence-corrected chi connectivity index (χ4v) is 2.13. The number of amidine groups is 1. The second-order valence-corrected chi connectivity index (χ2v) is 4.18. The zero-order valence-electron chi connectivity index (χ0n) is 8.65. The van der Waals surface area contributed by atoms with Crippen molar-refractivity contribution in [3.8, 4) is 0 Å². The number of halogens is 1. The lowest BCUT2D eigenvalue weighted by atomic mass is 10.2. The SMILES string of the molecule is N=C(N)c1ccnc(N2CCC(O)C2)c1Cl. The van der Waals surface area contributed by atoms with Crippen molar-refractivity contribution in [1.82, 2.24) is 4.98 Å². The maximum atomic E-state index is 9.45. The van der Waals surface area contributed by atoms with Crippen molar-refractivity contribution in [2.24, 2.45) is 5.73 Å². The number of pyridine rings is 1. The Labute approximate surface area is 98.4 Å². The summed E-state index contributed by atoms with van der Waals surface area (Å²) in [7, 11) is 0. The van der Waals surface area contributed by atoms with Gasteiger partial charge in [-0.25, -0.2) is 4.98 Å². The molecule has 1 atom stereocenters. The highest BCUT2D eigenvalue weighted by molar-refractivity contribution is 6.36. The van der Waals surface area contributed by atoms with E-state index in [0.29, 0.717) is 29.4 Å². The van der Waals surface area contributed by atoms with Crippen molar-refractivity contribution in [1.29, 1.82) is 5.41 Å². The first kappa shape index (κ1) is 11.2. The summed E-state index contributed by atoms with van der Waals surface area (Å²) in [6.07, 6.45) is 1.95. The van der Waals surface area contributed by atoms with Gasteiger partial charge in [0.25, 0.3) is 0 Å². The fraction of sp³-hybridized carbons (Fsp3) is 0.400. The van der Waals surface area contributed by atoms with E-state index in [-0.39, 0.29) is 11.9 Å². The van der Waals surface area contributed by atoms with Crippen LogP contribution in [0.5, 0.6) is 0 Å². The summed E-state index contributed by atoms with van der Waals surface area (Å²) in [6.45, 7) is 1.24. The Morgan fingerprint density at radius 2 is 2.44 bits per heavy atom. The number of nitrogens with zero attached hydrogens (tertiary/aromatic N) is 2. The lowest BCUT2D eigenvalue weighted by Gasteiger charge is -2.18. The molecule has 0 bridgehead atoms. The number of nitrogen functional groups attached to an aromatic ring is 1. The van der Waals surface area contributed by atoms with E-state index >= 15 is 0 Å². The van der Waals surface area contributed by atoms with Crippen molar-refractivity contribution in [2.75, 3.05) is 18.0 Å². The van der Waals surface area contributed by atoms with Gasteiger partial charge in [0.05, 0.1) is 11.1 Å². The molecular formula is C10H13ClN4O. The van der Waals surface area contributed by atoms with Crippen molar-refractivity contribution >= 4 is 23.3 Å². The highest BCUT2D eigenvalue weighted by Gasteiger charge is 2.24. The molecule has 6 heteroatoms. The van der Waals surface area contributed by atoms with E-state index in [0.717, 1.165) is 6.54 Å². The smallest absolute Gasteiger partial charge is 0.148 e. The van der Waals surface area contributed by atoms with Gasteiger partial charge in [0.2, 0.25) is 0 Å². The number of aliphatic hydroxyl groups is 1. The van der Waals surface area contributed by atoms with Crippen LogP contribution in [-0.4, -0.2) is 35.1 Å². The van der Waals surface area contributed by atoms with Crippen LogP contribution < -0.4 is 10.6 Å². The van der Waals surface area contributed by atoms with Gasteiger partial charge in [-0.1, -0.05) is 11.6 Å². The molecule has 0 aliphatic carbocycles. The van der Waals surface area contributed by atoms with Crippen LogP contribution in [0.3, 0.4) is 0 Å². The third-order valence-corrected chi connectivity index (χ3v) is 3.00. The number of rotatable bonds is 2. The fourth-order valence-electron chi connectivity index (χ4n) is 1.80. The summed E-state index contributed by atoms with van der Waals surface area (Å²) in [4.78, 5) is 6.07. The Morgan fingerprint density at radius 1 is 1.69 bits per heavy atom. The van der Waals surface area contributed by atoms with Gasteiger partial charge in [0.1, 0.15) is 11.7 Å². The standard InChI is InChI=1S/C10H13ClN4O/c11-8-7(9(12)13)1-3-14-10(8)15-4-2-6(16)5-15/h1,3,6,16H,2,4-5H2,(H3,12,13). The normalized spacial score (nSPS) is 20.1. The first-order valence-corrected chi connectivity index (χ1v) is 5.39. The molecule has 0 spiro atoms. The number of hydrogen-bond acceptors (Lipinski definition) is 4. The largest absolute Gasteiger partial charge is 0.391 e. The molecule has 2 heterocycles. The number of anilines is 1. The number of nitrogens with two attached hydrogens (primary N) is 1. The van der Waals surface area contributed by atoms with E-state index in [4.69, 9.17) is 22.7 Å². The number of nitrogens with one attached hydrogen (secondary N) is 1. The van der Waals surface area contributed by atoms with Gasteiger partial charge < -0.3 is 15.7 Å². The van der Waals surface area contributed by atoms with Crippen LogP contribution in [0.4, 0.5) is 5.82 Å². The third-order valence-electron chi connectivity index (χ3n) is 2.62. The van der Waals surface area contributed by atoms with Crippen LogP contribution in [-0.2, 0) is 0 Å². The van der Waals surface area contributed by atoms with Crippen molar-refractivity contribution in [3.05, 3.63) is 22.8 Å². The molecule has 1 aromatic heterocycles. The molecule has 0 aromatic carbocycles. The van der Waals surface area contributed by atoms with Crippen LogP contribution >= 0.6 is 11.6 Å². The van der Waals surface area contributed by atoms with E-state index < -0.39 is 0 Å². The Morgan fingerprint density at radius 3 is 3.00 bits per heavy atom. The van der Waals surface area contributed by atoms with Gasteiger partial charge in [0.15, 0.2) is 0 Å². The van der Waals surface area contributed by atoms with Gasteiger partial charge in [-0.2, -0.15) is 0 Å². The molecule has 0 amide bonds. The van der Waals surface area contributed by atoms with Gasteiger partial charge in [0, 0.05) is 24.8 Å². The molecule has 0 saturated carbocycles. The molecule has 1 unspecified atom stereocenters. The number of β-amino-alcohol motifs (C(OH)–C–C–N with tert-alkyl or cyclic N) is 1. The Kier molecular flexibility index (Phi) is 2.98. The van der Waals surface area contributed by atoms with Crippen molar-refractivity contribution in [3.63, 3.8) is 0 Å². The zero-order chi connectivity index (χ0) is 11.7. The molecular weight excluding hydrogens is 228 g/mol. The molecule has 16 heavy (non-hydrogen) atoms. The molecule has 0 radical (unpaired) electrons. The summed E-state index contributed by atoms with van der Waals surface area (Å²) < 4.78 is 0. The molecule has 1 aromatic rings. The molecule has 4 N–H and O–H groups in total. The van der Waals surface area contributed by atoms with E-state index in [9.17, 15) is 5.11 Å². The van der Waals surface area contributed by atoms with Crippen LogP contribution in [0, 0.1) is 5.41 Å². The van der Waals surface area contributed by atoms with E-state index in [1.807, 2.05) is 4.90 Å². The number of aromatic nitrogens is 1. The molecule has 1 fully saturated rings. The van der Waals surface area contributed by atoms with Crippen LogP contribution in [0.25, 0.3) is 0 Å². The second kappa shape index (κ2) is 4.27. The Hall–Kier alpha value is -1.33. The lowest BCUT2D eigenvalue weighted by molar-refractivity contribution is 0.198. The molecule has 1 aliphatic rings. The molecule has 86 valence electrons. The molecule has 2 rings (SSSR count). The minimum atomic E-state index is -0.334. The maximum Gasteiger partial charge on any atom is 0.148 e. The van der Waals surface area contributed by atoms with Gasteiger partial charge in [-0.05, 0) is 12.5 Å². The second-order valence-electron chi connectivity index (χ2n) is 3.80. The number of hydrogen-bond donors (Lipinski definition) is 3. The summed E-state index contributed by atoms with van der Waals surface area (Å²) >= 11 is 6.12. The number of aliphatic hydroxyl groups excluding tert-OH is 1. The van der Waals surface area contributed by atoms with Crippen molar-refractivity contribution < 1.29 is 5.11 Å².